The van der Waals surface area contributed by atoms with Crippen LogP contribution in [0.5, 0.6) is 0 Å². The SMILES string of the molecule is Nc1cccc(NC(=O)c2ccc([N+](=O)[O-])cc2)c1. The van der Waals surface area contributed by atoms with Crippen LogP contribution in [-0.2, 0) is 0 Å². The van der Waals surface area contributed by atoms with Crippen molar-refractivity contribution < 1.29 is 9.72 Å². The highest BCUT2D eigenvalue weighted by Crippen LogP contribution is 2.15. The first-order chi connectivity index (χ1) is 9.06. The molecule has 3 N–H and O–H groups in total. The normalized spacial score (nSPS) is 9.89. The number of non-ortho nitro benzene ring substituents is 1. The van der Waals surface area contributed by atoms with Crippen LogP contribution in [-0.4, -0.2) is 10.8 Å². The van der Waals surface area contributed by atoms with Crippen molar-refractivity contribution in [1.82, 2.24) is 0 Å². The Labute approximate surface area is 109 Å². The summed E-state index contributed by atoms with van der Waals surface area (Å²) in [6.07, 6.45) is 0. The number of anilines is 2. The van der Waals surface area contributed by atoms with Crippen molar-refractivity contribution in [3.8, 4) is 0 Å². The molecule has 0 aliphatic carbocycles. The summed E-state index contributed by atoms with van der Waals surface area (Å²) in [5.74, 6) is -0.347. The van der Waals surface area contributed by atoms with E-state index in [2.05, 4.69) is 5.32 Å². The van der Waals surface area contributed by atoms with Gasteiger partial charge in [0.05, 0.1) is 4.92 Å². The zero-order chi connectivity index (χ0) is 13.8. The minimum Gasteiger partial charge on any atom is -0.399 e. The summed E-state index contributed by atoms with van der Waals surface area (Å²) in [5.41, 5.74) is 7.00. The van der Waals surface area contributed by atoms with E-state index in [1.165, 1.54) is 24.3 Å². The van der Waals surface area contributed by atoms with Gasteiger partial charge in [-0.15, -0.1) is 0 Å². The number of nitrogens with one attached hydrogen (secondary N) is 1. The van der Waals surface area contributed by atoms with Crippen LogP contribution >= 0.6 is 0 Å². The van der Waals surface area contributed by atoms with Crippen LogP contribution in [0.25, 0.3) is 0 Å². The van der Waals surface area contributed by atoms with Crippen molar-refractivity contribution in [2.45, 2.75) is 0 Å². The summed E-state index contributed by atoms with van der Waals surface area (Å²) >= 11 is 0. The number of amides is 1. The Kier molecular flexibility index (Phi) is 3.42. The molecule has 19 heavy (non-hydrogen) atoms. The summed E-state index contributed by atoms with van der Waals surface area (Å²) in [5, 5.41) is 13.2. The van der Waals surface area contributed by atoms with Crippen molar-refractivity contribution >= 4 is 23.0 Å². The Morgan fingerprint density at radius 3 is 2.42 bits per heavy atom. The van der Waals surface area contributed by atoms with Crippen molar-refractivity contribution in [2.75, 3.05) is 11.1 Å². The third-order valence-electron chi connectivity index (χ3n) is 2.48. The molecule has 0 aliphatic heterocycles. The molecule has 0 saturated carbocycles. The van der Waals surface area contributed by atoms with Gasteiger partial charge >= 0.3 is 0 Å². The third kappa shape index (κ3) is 3.06. The molecule has 0 unspecified atom stereocenters. The molecule has 0 aliphatic rings. The van der Waals surface area contributed by atoms with Gasteiger partial charge in [-0.3, -0.25) is 14.9 Å². The smallest absolute Gasteiger partial charge is 0.269 e. The zero-order valence-corrected chi connectivity index (χ0v) is 9.87. The van der Waals surface area contributed by atoms with E-state index in [1.54, 1.807) is 24.3 Å². The molecular weight excluding hydrogens is 246 g/mol. The molecule has 0 saturated heterocycles. The Hall–Kier alpha value is -2.89. The summed E-state index contributed by atoms with van der Waals surface area (Å²) < 4.78 is 0. The average Bonchev–Trinajstić information content (AvgIpc) is 2.39. The van der Waals surface area contributed by atoms with E-state index in [1.807, 2.05) is 0 Å². The first-order valence-electron chi connectivity index (χ1n) is 5.47. The Morgan fingerprint density at radius 1 is 1.16 bits per heavy atom. The number of nitrogen functional groups attached to an aromatic ring is 1. The molecule has 2 aromatic rings. The molecule has 0 fully saturated rings. The fraction of sp³-hybridized carbons (Fsp3) is 0. The van der Waals surface area contributed by atoms with E-state index < -0.39 is 4.92 Å². The first kappa shape index (κ1) is 12.6. The maximum absolute atomic E-state index is 11.9. The number of nitrogens with two attached hydrogens (primary N) is 1. The second-order valence-electron chi connectivity index (χ2n) is 3.88. The maximum Gasteiger partial charge on any atom is 0.269 e. The van der Waals surface area contributed by atoms with E-state index in [9.17, 15) is 14.9 Å². The molecule has 0 bridgehead atoms. The summed E-state index contributed by atoms with van der Waals surface area (Å²) in [4.78, 5) is 21.9. The quantitative estimate of drug-likeness (QED) is 0.501. The van der Waals surface area contributed by atoms with Gasteiger partial charge in [0.1, 0.15) is 0 Å². The second kappa shape index (κ2) is 5.18. The largest absolute Gasteiger partial charge is 0.399 e. The standard InChI is InChI=1S/C13H11N3O3/c14-10-2-1-3-11(8-10)15-13(17)9-4-6-12(7-5-9)16(18)19/h1-8H,14H2,(H,15,17). The first-order valence-corrected chi connectivity index (χ1v) is 5.47. The van der Waals surface area contributed by atoms with Crippen LogP contribution in [0, 0.1) is 10.1 Å². The van der Waals surface area contributed by atoms with Crippen LogP contribution < -0.4 is 11.1 Å². The lowest BCUT2D eigenvalue weighted by atomic mass is 10.2. The van der Waals surface area contributed by atoms with Crippen LogP contribution in [0.15, 0.2) is 48.5 Å². The fourth-order valence-electron chi connectivity index (χ4n) is 1.55. The van der Waals surface area contributed by atoms with Crippen LogP contribution in [0.1, 0.15) is 10.4 Å². The molecule has 2 aromatic carbocycles. The number of benzene rings is 2. The lowest BCUT2D eigenvalue weighted by Crippen LogP contribution is -2.11. The highest BCUT2D eigenvalue weighted by Gasteiger charge is 2.09. The molecule has 2 rings (SSSR count). The summed E-state index contributed by atoms with van der Waals surface area (Å²) in [7, 11) is 0. The van der Waals surface area contributed by atoms with Gasteiger partial charge in [0.25, 0.3) is 11.6 Å². The van der Waals surface area contributed by atoms with Gasteiger partial charge < -0.3 is 11.1 Å². The number of hydrogen-bond acceptors (Lipinski definition) is 4. The van der Waals surface area contributed by atoms with Gasteiger partial charge in [0.15, 0.2) is 0 Å². The molecule has 6 nitrogen and oxygen atoms in total. The molecule has 0 aromatic heterocycles. The van der Waals surface area contributed by atoms with Gasteiger partial charge in [-0.2, -0.15) is 0 Å². The minimum atomic E-state index is -0.514. The van der Waals surface area contributed by atoms with E-state index in [-0.39, 0.29) is 11.6 Å². The molecule has 0 heterocycles. The number of nitrogens with zero attached hydrogens (tertiary/aromatic N) is 1. The number of nitro groups is 1. The second-order valence-corrected chi connectivity index (χ2v) is 3.88. The number of carbonyl (C=O) groups is 1. The third-order valence-corrected chi connectivity index (χ3v) is 2.48. The van der Waals surface area contributed by atoms with Crippen molar-refractivity contribution in [2.24, 2.45) is 0 Å². The number of carbonyl (C=O) groups excluding carboxylic acids is 1. The molecule has 6 heteroatoms. The molecule has 0 atom stereocenters. The fourth-order valence-corrected chi connectivity index (χ4v) is 1.55. The van der Waals surface area contributed by atoms with E-state index in [0.717, 1.165) is 0 Å². The van der Waals surface area contributed by atoms with Crippen LogP contribution in [0.4, 0.5) is 17.1 Å². The lowest BCUT2D eigenvalue weighted by molar-refractivity contribution is -0.384. The predicted octanol–water partition coefficient (Wildman–Crippen LogP) is 2.43. The monoisotopic (exact) mass is 257 g/mol. The zero-order valence-electron chi connectivity index (χ0n) is 9.87. The van der Waals surface area contributed by atoms with Crippen molar-refractivity contribution in [3.05, 3.63) is 64.2 Å². The van der Waals surface area contributed by atoms with Gasteiger partial charge in [-0.05, 0) is 30.3 Å². The molecule has 1 amide bonds. The highest BCUT2D eigenvalue weighted by atomic mass is 16.6. The molecular formula is C13H11N3O3. The molecule has 0 spiro atoms. The van der Waals surface area contributed by atoms with E-state index in [0.29, 0.717) is 16.9 Å². The highest BCUT2D eigenvalue weighted by molar-refractivity contribution is 6.04. The molecule has 0 radical (unpaired) electrons. The van der Waals surface area contributed by atoms with Gasteiger partial charge in [0, 0.05) is 29.1 Å². The van der Waals surface area contributed by atoms with Gasteiger partial charge in [-0.1, -0.05) is 6.07 Å². The van der Waals surface area contributed by atoms with E-state index >= 15 is 0 Å². The van der Waals surface area contributed by atoms with Crippen molar-refractivity contribution in [1.29, 1.82) is 0 Å². The Bertz CT molecular complexity index is 623. The van der Waals surface area contributed by atoms with E-state index in [4.69, 9.17) is 5.73 Å². The topological polar surface area (TPSA) is 98.3 Å². The predicted molar refractivity (Wildman–Crippen MR) is 71.9 cm³/mol. The Balaban J connectivity index is 2.14. The van der Waals surface area contributed by atoms with Gasteiger partial charge in [-0.25, -0.2) is 0 Å². The summed E-state index contributed by atoms with van der Waals surface area (Å²) in [6, 6.07) is 12.1. The van der Waals surface area contributed by atoms with Crippen LogP contribution in [0.3, 0.4) is 0 Å². The number of nitro benzene ring substituents is 1. The molecule has 96 valence electrons. The summed E-state index contributed by atoms with van der Waals surface area (Å²) in [6.45, 7) is 0. The number of rotatable bonds is 3. The van der Waals surface area contributed by atoms with Gasteiger partial charge in [0.2, 0.25) is 0 Å². The lowest BCUT2D eigenvalue weighted by Gasteiger charge is -2.05. The Morgan fingerprint density at radius 2 is 1.84 bits per heavy atom. The van der Waals surface area contributed by atoms with Crippen molar-refractivity contribution in [3.63, 3.8) is 0 Å². The van der Waals surface area contributed by atoms with Crippen LogP contribution in [0.2, 0.25) is 0 Å². The number of hydrogen-bond donors (Lipinski definition) is 2. The maximum atomic E-state index is 11.9. The minimum absolute atomic E-state index is 0.0551. The average molecular weight is 257 g/mol.